The van der Waals surface area contributed by atoms with Crippen LogP contribution in [0.15, 0.2) is 60.0 Å². The van der Waals surface area contributed by atoms with Crippen LogP contribution < -0.4 is 15.7 Å². The van der Waals surface area contributed by atoms with Gasteiger partial charge in [-0.05, 0) is 55.7 Å². The maximum Gasteiger partial charge on any atom is 0.327 e. The predicted molar refractivity (Wildman–Crippen MR) is 104 cm³/mol. The average molecular weight is 349 g/mol. The molecule has 0 radical (unpaired) electrons. The first kappa shape index (κ1) is 17.7. The number of pyridine rings is 2. The van der Waals surface area contributed by atoms with Crippen molar-refractivity contribution in [3.63, 3.8) is 0 Å². The lowest BCUT2D eigenvalue weighted by atomic mass is 10.1. The molecule has 3 heterocycles. The van der Waals surface area contributed by atoms with Crippen molar-refractivity contribution in [2.24, 2.45) is 12.0 Å². The zero-order chi connectivity index (χ0) is 18.7. The molecule has 0 aromatic carbocycles. The van der Waals surface area contributed by atoms with E-state index in [0.717, 1.165) is 29.0 Å². The van der Waals surface area contributed by atoms with Gasteiger partial charge in [-0.15, -0.1) is 0 Å². The van der Waals surface area contributed by atoms with Crippen molar-refractivity contribution in [2.75, 3.05) is 16.8 Å². The van der Waals surface area contributed by atoms with E-state index in [1.807, 2.05) is 55.9 Å². The molecule has 0 saturated heterocycles. The number of fused-ring (bicyclic) bond motifs is 1. The topological polar surface area (TPSA) is 62.5 Å². The molecule has 26 heavy (non-hydrogen) atoms. The highest BCUT2D eigenvalue weighted by molar-refractivity contribution is 6.02. The van der Waals surface area contributed by atoms with Crippen molar-refractivity contribution in [1.29, 1.82) is 0 Å². The molecule has 2 amide bonds. The number of rotatable bonds is 3. The Morgan fingerprint density at radius 2 is 2.19 bits per heavy atom. The third kappa shape index (κ3) is 3.59. The molecular weight excluding hydrogens is 326 g/mol. The van der Waals surface area contributed by atoms with Gasteiger partial charge < -0.3 is 9.88 Å². The highest BCUT2D eigenvalue weighted by Gasteiger charge is 2.27. The Hall–Kier alpha value is -3.15. The van der Waals surface area contributed by atoms with Gasteiger partial charge in [0.05, 0.1) is 5.69 Å². The number of aryl methyl sites for hydroxylation is 2. The molecule has 0 spiro atoms. The Morgan fingerprint density at radius 3 is 2.92 bits per heavy atom. The lowest BCUT2D eigenvalue weighted by Gasteiger charge is -2.17. The summed E-state index contributed by atoms with van der Waals surface area (Å²) in [6.45, 7) is 8.28. The maximum atomic E-state index is 12.7. The van der Waals surface area contributed by atoms with Crippen LogP contribution in [0.25, 0.3) is 0 Å². The zero-order valence-electron chi connectivity index (χ0n) is 15.4. The van der Waals surface area contributed by atoms with Gasteiger partial charge in [0.25, 0.3) is 0 Å². The van der Waals surface area contributed by atoms with Crippen LogP contribution in [0, 0.1) is 6.92 Å². The predicted octanol–water partition coefficient (Wildman–Crippen LogP) is 3.31. The van der Waals surface area contributed by atoms with Gasteiger partial charge in [0.1, 0.15) is 11.3 Å². The zero-order valence-corrected chi connectivity index (χ0v) is 15.4. The van der Waals surface area contributed by atoms with Crippen LogP contribution in [0.5, 0.6) is 0 Å². The molecule has 0 bridgehead atoms. The second kappa shape index (κ2) is 7.39. The Labute approximate surface area is 153 Å². The van der Waals surface area contributed by atoms with E-state index < -0.39 is 0 Å². The second-order valence-electron chi connectivity index (χ2n) is 6.30. The summed E-state index contributed by atoms with van der Waals surface area (Å²) in [6.07, 6.45) is 7.98. The van der Waals surface area contributed by atoms with Gasteiger partial charge in [-0.1, -0.05) is 12.7 Å². The monoisotopic (exact) mass is 349 g/mol. The van der Waals surface area contributed by atoms with Gasteiger partial charge in [-0.25, -0.2) is 14.8 Å². The number of aromatic nitrogens is 2. The first-order chi connectivity index (χ1) is 12.5. The molecule has 3 rings (SSSR count). The Bertz CT molecular complexity index is 955. The van der Waals surface area contributed by atoms with Crippen molar-refractivity contribution in [2.45, 2.75) is 20.3 Å². The first-order valence-electron chi connectivity index (χ1n) is 8.53. The number of hydrogen-bond acceptors (Lipinski definition) is 3. The normalized spacial score (nSPS) is 14.3. The molecule has 0 saturated carbocycles. The summed E-state index contributed by atoms with van der Waals surface area (Å²) in [6, 6.07) is 5.52. The molecule has 6 nitrogen and oxygen atoms in total. The van der Waals surface area contributed by atoms with Crippen molar-refractivity contribution in [1.82, 2.24) is 9.55 Å². The quantitative estimate of drug-likeness (QED) is 0.864. The van der Waals surface area contributed by atoms with Gasteiger partial charge in [-0.2, -0.15) is 0 Å². The van der Waals surface area contributed by atoms with Gasteiger partial charge in [0.2, 0.25) is 0 Å². The van der Waals surface area contributed by atoms with Crippen molar-refractivity contribution >= 4 is 17.5 Å². The summed E-state index contributed by atoms with van der Waals surface area (Å²) in [5.41, 5.74) is 4.69. The minimum atomic E-state index is -0.172. The molecule has 0 fully saturated rings. The van der Waals surface area contributed by atoms with Crippen LogP contribution in [-0.4, -0.2) is 22.1 Å². The fraction of sp³-hybridized carbons (Fsp3) is 0.250. The number of hydrogen-bond donors (Lipinski definition) is 1. The van der Waals surface area contributed by atoms with E-state index in [1.54, 1.807) is 17.2 Å². The molecule has 2 aromatic heterocycles. The average Bonchev–Trinajstić information content (AvgIpc) is 3.03. The van der Waals surface area contributed by atoms with Crippen LogP contribution in [0.4, 0.5) is 16.3 Å². The van der Waals surface area contributed by atoms with Crippen LogP contribution in [-0.2, 0) is 13.5 Å². The molecule has 0 aliphatic carbocycles. The minimum Gasteiger partial charge on any atom is -0.334 e. The number of urea groups is 1. The minimum absolute atomic E-state index is 0.172. The summed E-state index contributed by atoms with van der Waals surface area (Å²) in [4.78, 5) is 23.2. The smallest absolute Gasteiger partial charge is 0.327 e. The molecular formula is C20H23N5O. The molecule has 1 aliphatic heterocycles. The highest BCUT2D eigenvalue weighted by atomic mass is 16.2. The number of amides is 2. The fourth-order valence-electron chi connectivity index (χ4n) is 3.01. The Kier molecular flexibility index (Phi) is 5.02. The van der Waals surface area contributed by atoms with Crippen LogP contribution in [0.2, 0.25) is 0 Å². The van der Waals surface area contributed by atoms with Crippen molar-refractivity contribution in [3.8, 4) is 0 Å². The molecule has 2 aromatic rings. The second-order valence-corrected chi connectivity index (χ2v) is 6.30. The van der Waals surface area contributed by atoms with Crippen LogP contribution >= 0.6 is 0 Å². The van der Waals surface area contributed by atoms with Gasteiger partial charge in [0.15, 0.2) is 0 Å². The Morgan fingerprint density at radius 1 is 1.38 bits per heavy atom. The number of allylic oxidation sites excluding steroid dienone is 3. The van der Waals surface area contributed by atoms with E-state index >= 15 is 0 Å². The highest BCUT2D eigenvalue weighted by Crippen LogP contribution is 2.28. The number of anilines is 2. The maximum absolute atomic E-state index is 12.7. The first-order valence-corrected chi connectivity index (χ1v) is 8.53. The molecule has 1 aliphatic rings. The lowest BCUT2D eigenvalue weighted by Crippen LogP contribution is -2.34. The number of nitrogens with zero attached hydrogens (tertiary/aromatic N) is 4. The van der Waals surface area contributed by atoms with E-state index in [2.05, 4.69) is 21.9 Å². The fourth-order valence-corrected chi connectivity index (χ4v) is 3.01. The largest absolute Gasteiger partial charge is 0.334 e. The standard InChI is InChI=1S/C20H23N5O/c1-5-6-15(3)22-18-8-7-16(13-24(18)4)23-20(26)25-12-10-17-14(2)9-11-21-19(17)25/h5-9,11,13H,1,10,12H2,2-4H3,(H,23,26)/b15-6+,22-18?. The molecule has 6 heteroatoms. The van der Waals surface area contributed by atoms with Gasteiger partial charge in [-0.3, -0.25) is 4.90 Å². The molecule has 134 valence electrons. The summed E-state index contributed by atoms with van der Waals surface area (Å²) in [5.74, 6) is 0.753. The van der Waals surface area contributed by atoms with E-state index in [9.17, 15) is 4.79 Å². The SMILES string of the molecule is C=C/C=C(\C)N=c1ccc(NC(=O)N2CCc3c(C)ccnc32)cn1C. The third-order valence-electron chi connectivity index (χ3n) is 4.36. The Balaban J connectivity index is 1.80. The summed E-state index contributed by atoms with van der Waals surface area (Å²) in [7, 11) is 1.89. The van der Waals surface area contributed by atoms with Crippen molar-refractivity contribution in [3.05, 3.63) is 71.6 Å². The lowest BCUT2D eigenvalue weighted by molar-refractivity contribution is 0.257. The van der Waals surface area contributed by atoms with E-state index in [0.29, 0.717) is 12.2 Å². The van der Waals surface area contributed by atoms with E-state index in [4.69, 9.17) is 0 Å². The third-order valence-corrected chi connectivity index (χ3v) is 4.36. The number of nitrogens with one attached hydrogen (secondary N) is 1. The van der Waals surface area contributed by atoms with Crippen LogP contribution in [0.1, 0.15) is 18.1 Å². The van der Waals surface area contributed by atoms with Crippen molar-refractivity contribution < 1.29 is 4.79 Å². The summed E-state index contributed by atoms with van der Waals surface area (Å²) in [5, 5.41) is 2.94. The van der Waals surface area contributed by atoms with Gasteiger partial charge >= 0.3 is 6.03 Å². The molecule has 1 N–H and O–H groups in total. The van der Waals surface area contributed by atoms with E-state index in [1.165, 1.54) is 5.56 Å². The number of carbonyl (C=O) groups excluding carboxylic acids is 1. The van der Waals surface area contributed by atoms with Crippen LogP contribution in [0.3, 0.4) is 0 Å². The molecule has 0 atom stereocenters. The summed E-state index contributed by atoms with van der Waals surface area (Å²) < 4.78 is 1.87. The summed E-state index contributed by atoms with van der Waals surface area (Å²) >= 11 is 0. The molecule has 0 unspecified atom stereocenters. The number of carbonyl (C=O) groups is 1. The van der Waals surface area contributed by atoms with Gasteiger partial charge in [0, 0.05) is 31.7 Å². The van der Waals surface area contributed by atoms with E-state index in [-0.39, 0.29) is 6.03 Å².